The maximum atomic E-state index is 13.8. The van der Waals surface area contributed by atoms with Crippen LogP contribution in [0.1, 0.15) is 24.5 Å². The molecule has 1 aromatic carbocycles. The summed E-state index contributed by atoms with van der Waals surface area (Å²) in [5.74, 6) is 0.0930. The molecule has 90 valence electrons. The lowest BCUT2D eigenvalue weighted by Crippen LogP contribution is -2.48. The largest absolute Gasteiger partial charge is 0.481 e. The summed E-state index contributed by atoms with van der Waals surface area (Å²) in [6.45, 7) is 1.33. The number of hydrogen-bond donors (Lipinski definition) is 0. The van der Waals surface area contributed by atoms with Gasteiger partial charge in [0.15, 0.2) is 11.6 Å². The van der Waals surface area contributed by atoms with Gasteiger partial charge in [-0.2, -0.15) is 0 Å². The molecule has 0 saturated carbocycles. The summed E-state index contributed by atoms with van der Waals surface area (Å²) >= 11 is 0. The van der Waals surface area contributed by atoms with Gasteiger partial charge in [0, 0.05) is 18.4 Å². The Labute approximate surface area is 98.5 Å². The van der Waals surface area contributed by atoms with Gasteiger partial charge in [-0.25, -0.2) is 4.39 Å². The molecule has 3 aliphatic rings. The molecule has 3 heterocycles. The van der Waals surface area contributed by atoms with Gasteiger partial charge in [-0.1, -0.05) is 12.1 Å². The fourth-order valence-corrected chi connectivity index (χ4v) is 2.97. The van der Waals surface area contributed by atoms with Crippen molar-refractivity contribution in [2.75, 3.05) is 13.2 Å². The molecule has 2 fully saturated rings. The van der Waals surface area contributed by atoms with Crippen molar-refractivity contribution in [3.05, 3.63) is 29.6 Å². The minimum absolute atomic E-state index is 0.0209. The number of fused-ring (bicyclic) bond motifs is 4. The van der Waals surface area contributed by atoms with E-state index < -0.39 is 0 Å². The van der Waals surface area contributed by atoms with Gasteiger partial charge >= 0.3 is 0 Å². The third kappa shape index (κ3) is 1.28. The molecule has 4 heteroatoms. The SMILES string of the molecule is Fc1cccc2c1OC1(CCOCC1)C1OC21. The third-order valence-corrected chi connectivity index (χ3v) is 3.96. The van der Waals surface area contributed by atoms with Gasteiger partial charge < -0.3 is 14.2 Å². The van der Waals surface area contributed by atoms with Crippen LogP contribution in [0.2, 0.25) is 0 Å². The first-order valence-electron chi connectivity index (χ1n) is 6.01. The number of benzene rings is 1. The molecule has 1 aromatic rings. The van der Waals surface area contributed by atoms with Crippen molar-refractivity contribution in [3.63, 3.8) is 0 Å². The van der Waals surface area contributed by atoms with E-state index in [0.717, 1.165) is 18.4 Å². The van der Waals surface area contributed by atoms with Crippen LogP contribution in [0.15, 0.2) is 18.2 Å². The van der Waals surface area contributed by atoms with E-state index in [1.54, 1.807) is 6.07 Å². The number of rotatable bonds is 0. The van der Waals surface area contributed by atoms with E-state index in [0.29, 0.717) is 19.0 Å². The molecular weight excluding hydrogens is 223 g/mol. The monoisotopic (exact) mass is 236 g/mol. The Bertz CT molecular complexity index is 468. The zero-order chi connectivity index (χ0) is 11.5. The second kappa shape index (κ2) is 3.21. The van der Waals surface area contributed by atoms with Crippen LogP contribution in [0.25, 0.3) is 0 Å². The second-order valence-corrected chi connectivity index (χ2v) is 4.91. The summed E-state index contributed by atoms with van der Waals surface area (Å²) in [6, 6.07) is 5.03. The average Bonchev–Trinajstić information content (AvgIpc) is 3.14. The first-order chi connectivity index (χ1) is 8.30. The zero-order valence-corrected chi connectivity index (χ0v) is 9.32. The van der Waals surface area contributed by atoms with E-state index in [1.165, 1.54) is 6.07 Å². The molecule has 0 radical (unpaired) electrons. The maximum Gasteiger partial charge on any atom is 0.165 e. The van der Waals surface area contributed by atoms with Crippen molar-refractivity contribution in [1.82, 2.24) is 0 Å². The number of hydrogen-bond acceptors (Lipinski definition) is 3. The molecule has 0 amide bonds. The summed E-state index contributed by atoms with van der Waals surface area (Å²) in [4.78, 5) is 0. The molecular formula is C13H13FO3. The van der Waals surface area contributed by atoms with E-state index in [1.807, 2.05) is 6.07 Å². The van der Waals surface area contributed by atoms with Gasteiger partial charge in [0.05, 0.1) is 13.2 Å². The lowest BCUT2D eigenvalue weighted by atomic mass is 9.85. The van der Waals surface area contributed by atoms with Gasteiger partial charge in [0.2, 0.25) is 0 Å². The summed E-state index contributed by atoms with van der Waals surface area (Å²) < 4.78 is 30.8. The molecule has 3 nitrogen and oxygen atoms in total. The van der Waals surface area contributed by atoms with Crippen molar-refractivity contribution in [1.29, 1.82) is 0 Å². The van der Waals surface area contributed by atoms with Crippen LogP contribution in [0.5, 0.6) is 5.75 Å². The van der Waals surface area contributed by atoms with Crippen molar-refractivity contribution in [2.45, 2.75) is 30.7 Å². The quantitative estimate of drug-likeness (QED) is 0.647. The van der Waals surface area contributed by atoms with Gasteiger partial charge in [-0.05, 0) is 6.07 Å². The van der Waals surface area contributed by atoms with Crippen LogP contribution in [0.3, 0.4) is 0 Å². The topological polar surface area (TPSA) is 31.0 Å². The predicted octanol–water partition coefficient (Wildman–Crippen LogP) is 2.21. The molecule has 0 N–H and O–H groups in total. The maximum absolute atomic E-state index is 13.8. The standard InChI is InChI=1S/C13H13FO3/c14-9-3-1-2-8-10(9)17-13(12-11(8)16-12)4-6-15-7-5-13/h1-3,11-12H,4-7H2. The first kappa shape index (κ1) is 9.85. The Morgan fingerprint density at radius 3 is 2.88 bits per heavy atom. The fraction of sp³-hybridized carbons (Fsp3) is 0.538. The molecule has 17 heavy (non-hydrogen) atoms. The Kier molecular flexibility index (Phi) is 1.86. The molecule has 0 aromatic heterocycles. The molecule has 0 bridgehead atoms. The minimum atomic E-state index is -0.363. The molecule has 2 unspecified atom stereocenters. The highest BCUT2D eigenvalue weighted by molar-refractivity contribution is 5.43. The van der Waals surface area contributed by atoms with Crippen molar-refractivity contribution < 1.29 is 18.6 Å². The zero-order valence-electron chi connectivity index (χ0n) is 9.32. The summed E-state index contributed by atoms with van der Waals surface area (Å²) in [5.41, 5.74) is 0.491. The molecule has 4 rings (SSSR count). The van der Waals surface area contributed by atoms with Crippen LogP contribution in [-0.4, -0.2) is 24.9 Å². The fourth-order valence-electron chi connectivity index (χ4n) is 2.97. The Morgan fingerprint density at radius 1 is 1.24 bits per heavy atom. The van der Waals surface area contributed by atoms with Gasteiger partial charge in [0.25, 0.3) is 0 Å². The number of halogens is 1. The summed E-state index contributed by atoms with van der Waals surface area (Å²) in [6.07, 6.45) is 1.66. The lowest BCUT2D eigenvalue weighted by molar-refractivity contribution is -0.0643. The van der Waals surface area contributed by atoms with Crippen LogP contribution in [0.4, 0.5) is 4.39 Å². The Hall–Kier alpha value is -1.13. The summed E-state index contributed by atoms with van der Waals surface area (Å²) in [5, 5.41) is 0. The van der Waals surface area contributed by atoms with E-state index in [-0.39, 0.29) is 23.6 Å². The van der Waals surface area contributed by atoms with E-state index in [9.17, 15) is 4.39 Å². The molecule has 2 atom stereocenters. The van der Waals surface area contributed by atoms with Crippen LogP contribution < -0.4 is 4.74 Å². The van der Waals surface area contributed by atoms with Gasteiger partial charge in [-0.3, -0.25) is 0 Å². The van der Waals surface area contributed by atoms with E-state index in [4.69, 9.17) is 14.2 Å². The number of epoxide rings is 1. The Morgan fingerprint density at radius 2 is 2.06 bits per heavy atom. The highest BCUT2D eigenvalue weighted by Gasteiger charge is 2.61. The Balaban J connectivity index is 1.78. The second-order valence-electron chi connectivity index (χ2n) is 4.91. The highest BCUT2D eigenvalue weighted by atomic mass is 19.1. The molecule has 3 aliphatic heterocycles. The first-order valence-corrected chi connectivity index (χ1v) is 6.01. The predicted molar refractivity (Wildman–Crippen MR) is 57.4 cm³/mol. The van der Waals surface area contributed by atoms with Crippen LogP contribution in [0, 0.1) is 5.82 Å². The lowest BCUT2D eigenvalue weighted by Gasteiger charge is -2.39. The van der Waals surface area contributed by atoms with Crippen molar-refractivity contribution in [3.8, 4) is 5.75 Å². The van der Waals surface area contributed by atoms with Crippen molar-refractivity contribution >= 4 is 0 Å². The normalized spacial score (nSPS) is 32.5. The van der Waals surface area contributed by atoms with Gasteiger partial charge in [0.1, 0.15) is 17.8 Å². The number of para-hydroxylation sites is 1. The van der Waals surface area contributed by atoms with E-state index >= 15 is 0 Å². The third-order valence-electron chi connectivity index (χ3n) is 3.96. The smallest absolute Gasteiger partial charge is 0.165 e. The summed E-state index contributed by atoms with van der Waals surface area (Å²) in [7, 11) is 0. The average molecular weight is 236 g/mol. The van der Waals surface area contributed by atoms with Crippen LogP contribution in [-0.2, 0) is 9.47 Å². The number of ether oxygens (including phenoxy) is 3. The highest BCUT2D eigenvalue weighted by Crippen LogP contribution is 2.57. The van der Waals surface area contributed by atoms with Crippen LogP contribution >= 0.6 is 0 Å². The van der Waals surface area contributed by atoms with Gasteiger partial charge in [-0.15, -0.1) is 0 Å². The molecule has 1 spiro atoms. The van der Waals surface area contributed by atoms with Crippen molar-refractivity contribution in [2.24, 2.45) is 0 Å². The molecule has 0 aliphatic carbocycles. The minimum Gasteiger partial charge on any atom is -0.481 e. The molecule has 2 saturated heterocycles. The van der Waals surface area contributed by atoms with E-state index in [2.05, 4.69) is 0 Å².